The first-order valence-electron chi connectivity index (χ1n) is 8.77. The highest BCUT2D eigenvalue weighted by molar-refractivity contribution is 7.89. The zero-order chi connectivity index (χ0) is 19.3. The standard InChI is InChI=1S/C18H26N2O5S/c1-14(18(22)23)13-19(2)17(21)10-7-15-5-8-16(9-6-15)26(24,25)20-11-3-4-12-20/h5-6,8-9,14H,3-4,7,10-13H2,1-2H3,(H,22,23)/t14-/m0/s1. The average Bonchev–Trinajstić information content (AvgIpc) is 3.15. The number of benzene rings is 1. The SMILES string of the molecule is C[C@@H](CN(C)C(=O)CCc1ccc(S(=O)(=O)N2CCCC2)cc1)C(=O)O. The summed E-state index contributed by atoms with van der Waals surface area (Å²) >= 11 is 0. The Kier molecular flexibility index (Phi) is 6.77. The zero-order valence-electron chi connectivity index (χ0n) is 15.2. The molecule has 0 aliphatic carbocycles. The third-order valence-corrected chi connectivity index (χ3v) is 6.56. The van der Waals surface area contributed by atoms with Crippen LogP contribution in [0.3, 0.4) is 0 Å². The number of carboxylic acid groups (broad SMARTS) is 1. The molecule has 1 atom stereocenters. The van der Waals surface area contributed by atoms with Crippen molar-refractivity contribution in [2.75, 3.05) is 26.7 Å². The van der Waals surface area contributed by atoms with E-state index in [4.69, 9.17) is 5.11 Å². The molecule has 8 heteroatoms. The lowest BCUT2D eigenvalue weighted by Gasteiger charge is -2.19. The van der Waals surface area contributed by atoms with Gasteiger partial charge in [0.25, 0.3) is 0 Å². The summed E-state index contributed by atoms with van der Waals surface area (Å²) in [4.78, 5) is 24.7. The van der Waals surface area contributed by atoms with Crippen molar-refractivity contribution >= 4 is 21.9 Å². The van der Waals surface area contributed by atoms with Crippen LogP contribution >= 0.6 is 0 Å². The van der Waals surface area contributed by atoms with Gasteiger partial charge in [-0.25, -0.2) is 8.42 Å². The highest BCUT2D eigenvalue weighted by atomic mass is 32.2. The first kappa shape index (κ1) is 20.4. The van der Waals surface area contributed by atoms with Crippen molar-refractivity contribution in [2.45, 2.75) is 37.5 Å². The van der Waals surface area contributed by atoms with E-state index in [-0.39, 0.29) is 23.8 Å². The van der Waals surface area contributed by atoms with Gasteiger partial charge in [-0.1, -0.05) is 19.1 Å². The zero-order valence-corrected chi connectivity index (χ0v) is 16.0. The van der Waals surface area contributed by atoms with Crippen LogP contribution in [0, 0.1) is 5.92 Å². The summed E-state index contributed by atoms with van der Waals surface area (Å²) < 4.78 is 26.5. The van der Waals surface area contributed by atoms with Gasteiger partial charge < -0.3 is 10.0 Å². The van der Waals surface area contributed by atoms with Gasteiger partial charge in [0.1, 0.15) is 0 Å². The Bertz CT molecular complexity index is 739. The average molecular weight is 382 g/mol. The van der Waals surface area contributed by atoms with Crippen molar-refractivity contribution in [1.29, 1.82) is 0 Å². The van der Waals surface area contributed by atoms with E-state index in [1.165, 1.54) is 9.21 Å². The highest BCUT2D eigenvalue weighted by Crippen LogP contribution is 2.21. The number of nitrogens with zero attached hydrogens (tertiary/aromatic N) is 2. The maximum absolute atomic E-state index is 12.5. The molecule has 144 valence electrons. The first-order chi connectivity index (χ1) is 12.2. The van der Waals surface area contributed by atoms with Crippen LogP contribution in [0.25, 0.3) is 0 Å². The van der Waals surface area contributed by atoms with Crippen molar-refractivity contribution in [2.24, 2.45) is 5.92 Å². The lowest BCUT2D eigenvalue weighted by molar-refractivity contribution is -0.142. The summed E-state index contributed by atoms with van der Waals surface area (Å²) in [5.74, 6) is -1.68. The monoisotopic (exact) mass is 382 g/mol. The van der Waals surface area contributed by atoms with Gasteiger partial charge >= 0.3 is 5.97 Å². The molecule has 0 aromatic heterocycles. The van der Waals surface area contributed by atoms with E-state index in [0.717, 1.165) is 18.4 Å². The lowest BCUT2D eigenvalue weighted by atomic mass is 10.1. The number of carbonyl (C=O) groups excluding carboxylic acids is 1. The van der Waals surface area contributed by atoms with Crippen LogP contribution in [-0.4, -0.2) is 61.3 Å². The molecule has 1 aliphatic heterocycles. The summed E-state index contributed by atoms with van der Waals surface area (Å²) in [6.07, 6.45) is 2.52. The van der Waals surface area contributed by atoms with Gasteiger partial charge in [-0.3, -0.25) is 9.59 Å². The summed E-state index contributed by atoms with van der Waals surface area (Å²) in [5, 5.41) is 8.90. The lowest BCUT2D eigenvalue weighted by Crippen LogP contribution is -2.33. The van der Waals surface area contributed by atoms with E-state index in [1.807, 2.05) is 0 Å². The van der Waals surface area contributed by atoms with Crippen LogP contribution in [0.4, 0.5) is 0 Å². The number of amides is 1. The number of carbonyl (C=O) groups is 2. The molecule has 2 rings (SSSR count). The van der Waals surface area contributed by atoms with Crippen LogP contribution < -0.4 is 0 Å². The molecule has 1 aromatic carbocycles. The van der Waals surface area contributed by atoms with Crippen LogP contribution in [0.5, 0.6) is 0 Å². The second-order valence-corrected chi connectivity index (χ2v) is 8.71. The van der Waals surface area contributed by atoms with Crippen molar-refractivity contribution in [3.8, 4) is 0 Å². The molecule has 0 bridgehead atoms. The Labute approximate surface area is 154 Å². The van der Waals surface area contributed by atoms with Crippen LogP contribution in [0.2, 0.25) is 0 Å². The van der Waals surface area contributed by atoms with E-state index in [2.05, 4.69) is 0 Å². The van der Waals surface area contributed by atoms with Gasteiger partial charge in [-0.05, 0) is 37.0 Å². The van der Waals surface area contributed by atoms with Crippen LogP contribution in [-0.2, 0) is 26.0 Å². The molecule has 1 aliphatic rings. The minimum atomic E-state index is -3.42. The maximum atomic E-state index is 12.5. The number of carboxylic acids is 1. The largest absolute Gasteiger partial charge is 0.481 e. The fourth-order valence-electron chi connectivity index (χ4n) is 2.94. The van der Waals surface area contributed by atoms with Crippen LogP contribution in [0.1, 0.15) is 31.7 Å². The summed E-state index contributed by atoms with van der Waals surface area (Å²) in [7, 11) is -1.83. The van der Waals surface area contributed by atoms with Crippen molar-refractivity contribution in [3.63, 3.8) is 0 Å². The molecule has 1 saturated heterocycles. The predicted molar refractivity (Wildman–Crippen MR) is 97.2 cm³/mol. The fraction of sp³-hybridized carbons (Fsp3) is 0.556. The minimum Gasteiger partial charge on any atom is -0.481 e. The third kappa shape index (κ3) is 5.04. The molecular weight excluding hydrogens is 356 g/mol. The maximum Gasteiger partial charge on any atom is 0.308 e. The van der Waals surface area contributed by atoms with E-state index < -0.39 is 21.9 Å². The Morgan fingerprint density at radius 2 is 1.77 bits per heavy atom. The summed E-state index contributed by atoms with van der Waals surface area (Å²) in [6.45, 7) is 2.87. The van der Waals surface area contributed by atoms with E-state index in [9.17, 15) is 18.0 Å². The normalized spacial score (nSPS) is 16.4. The Morgan fingerprint density at radius 3 is 2.31 bits per heavy atom. The number of aryl methyl sites for hydroxylation is 1. The highest BCUT2D eigenvalue weighted by Gasteiger charge is 2.26. The molecule has 1 heterocycles. The molecule has 0 unspecified atom stereocenters. The summed E-state index contributed by atoms with van der Waals surface area (Å²) in [6, 6.07) is 6.64. The molecule has 1 aromatic rings. The Hall–Kier alpha value is -1.93. The molecule has 1 amide bonds. The van der Waals surface area contributed by atoms with E-state index in [0.29, 0.717) is 19.5 Å². The molecule has 0 radical (unpaired) electrons. The van der Waals surface area contributed by atoms with Gasteiger partial charge in [-0.2, -0.15) is 4.31 Å². The van der Waals surface area contributed by atoms with E-state index in [1.54, 1.807) is 38.2 Å². The number of hydrogen-bond donors (Lipinski definition) is 1. The Morgan fingerprint density at radius 1 is 1.19 bits per heavy atom. The van der Waals surface area contributed by atoms with Crippen molar-refractivity contribution in [3.05, 3.63) is 29.8 Å². The number of rotatable bonds is 8. The van der Waals surface area contributed by atoms with Crippen molar-refractivity contribution in [1.82, 2.24) is 9.21 Å². The fourth-order valence-corrected chi connectivity index (χ4v) is 4.46. The minimum absolute atomic E-state index is 0.133. The molecular formula is C18H26N2O5S. The molecule has 26 heavy (non-hydrogen) atoms. The van der Waals surface area contributed by atoms with Gasteiger partial charge in [0.05, 0.1) is 10.8 Å². The second kappa shape index (κ2) is 8.64. The quantitative estimate of drug-likeness (QED) is 0.737. The van der Waals surface area contributed by atoms with Gasteiger partial charge in [0.15, 0.2) is 0 Å². The van der Waals surface area contributed by atoms with E-state index >= 15 is 0 Å². The van der Waals surface area contributed by atoms with Crippen molar-refractivity contribution < 1.29 is 23.1 Å². The number of hydrogen-bond acceptors (Lipinski definition) is 4. The van der Waals surface area contributed by atoms with Gasteiger partial charge in [-0.15, -0.1) is 0 Å². The molecule has 7 nitrogen and oxygen atoms in total. The topological polar surface area (TPSA) is 95.0 Å². The predicted octanol–water partition coefficient (Wildman–Crippen LogP) is 1.58. The number of sulfonamides is 1. The summed E-state index contributed by atoms with van der Waals surface area (Å²) in [5.41, 5.74) is 0.874. The molecule has 0 saturated carbocycles. The molecule has 1 fully saturated rings. The molecule has 1 N–H and O–H groups in total. The second-order valence-electron chi connectivity index (χ2n) is 6.77. The Balaban J connectivity index is 1.91. The van der Waals surface area contributed by atoms with Gasteiger partial charge in [0.2, 0.25) is 15.9 Å². The van der Waals surface area contributed by atoms with Crippen LogP contribution in [0.15, 0.2) is 29.2 Å². The van der Waals surface area contributed by atoms with Gasteiger partial charge in [0, 0.05) is 33.1 Å². The smallest absolute Gasteiger partial charge is 0.308 e. The molecule has 0 spiro atoms. The number of aliphatic carboxylic acids is 1. The third-order valence-electron chi connectivity index (χ3n) is 4.65. The first-order valence-corrected chi connectivity index (χ1v) is 10.2.